The zero-order chi connectivity index (χ0) is 13.5. The smallest absolute Gasteiger partial charge is 0.248 e. The Morgan fingerprint density at radius 1 is 1.21 bits per heavy atom. The lowest BCUT2D eigenvalue weighted by Gasteiger charge is -2.03. The molecule has 0 saturated heterocycles. The molecule has 96 valence electrons. The minimum atomic E-state index is -0.146. The predicted molar refractivity (Wildman–Crippen MR) is 76.6 cm³/mol. The van der Waals surface area contributed by atoms with Crippen molar-refractivity contribution in [2.75, 3.05) is 5.32 Å². The molecule has 2 N–H and O–H groups in total. The minimum absolute atomic E-state index is 0.146. The second kappa shape index (κ2) is 6.35. The largest absolute Gasteiger partial charge is 0.323 e. The molecule has 0 unspecified atom stereocenters. The number of rotatable bonds is 4. The lowest BCUT2D eigenvalue weighted by molar-refractivity contribution is -0.111. The van der Waals surface area contributed by atoms with E-state index < -0.39 is 0 Å². The quantitative estimate of drug-likeness (QED) is 0.649. The number of aromatic nitrogens is 2. The van der Waals surface area contributed by atoms with E-state index in [2.05, 4.69) is 15.5 Å². The summed E-state index contributed by atoms with van der Waals surface area (Å²) in [5, 5.41) is 9.58. The number of benzene rings is 1. The van der Waals surface area contributed by atoms with Crippen LogP contribution in [0.4, 0.5) is 5.69 Å². The number of nitrogens with one attached hydrogen (secondary N) is 2. The van der Waals surface area contributed by atoms with Gasteiger partial charge in [0.15, 0.2) is 0 Å². The molecule has 1 aromatic carbocycles. The number of allylic oxidation sites excluding steroid dienone is 3. The van der Waals surface area contributed by atoms with Crippen LogP contribution in [-0.2, 0) is 4.79 Å². The fourth-order valence-electron chi connectivity index (χ4n) is 1.59. The van der Waals surface area contributed by atoms with Gasteiger partial charge in [0.05, 0.1) is 5.69 Å². The highest BCUT2D eigenvalue weighted by atomic mass is 16.1. The van der Waals surface area contributed by atoms with E-state index in [0.717, 1.165) is 16.9 Å². The monoisotopic (exact) mass is 253 g/mol. The first kappa shape index (κ1) is 12.8. The summed E-state index contributed by atoms with van der Waals surface area (Å²) < 4.78 is 0. The van der Waals surface area contributed by atoms with Gasteiger partial charge in [-0.05, 0) is 30.7 Å². The maximum atomic E-state index is 11.6. The molecule has 0 bridgehead atoms. The number of aromatic amines is 1. The van der Waals surface area contributed by atoms with Crippen LogP contribution < -0.4 is 5.32 Å². The van der Waals surface area contributed by atoms with Crippen LogP contribution >= 0.6 is 0 Å². The second-order valence-electron chi connectivity index (χ2n) is 3.92. The third-order valence-corrected chi connectivity index (χ3v) is 2.52. The van der Waals surface area contributed by atoms with Gasteiger partial charge in [0.2, 0.25) is 5.91 Å². The molecule has 1 amide bonds. The van der Waals surface area contributed by atoms with Gasteiger partial charge in [-0.1, -0.05) is 30.4 Å². The first-order valence-corrected chi connectivity index (χ1v) is 6.00. The molecular formula is C15H15N3O. The number of H-pyrrole nitrogens is 1. The fourth-order valence-corrected chi connectivity index (χ4v) is 1.59. The van der Waals surface area contributed by atoms with E-state index in [1.165, 1.54) is 6.08 Å². The first-order chi connectivity index (χ1) is 9.29. The van der Waals surface area contributed by atoms with Crippen molar-refractivity contribution >= 4 is 11.6 Å². The van der Waals surface area contributed by atoms with Crippen LogP contribution in [0.15, 0.2) is 60.8 Å². The molecule has 0 saturated carbocycles. The van der Waals surface area contributed by atoms with Crippen LogP contribution in [0, 0.1) is 0 Å². The van der Waals surface area contributed by atoms with Crippen molar-refractivity contribution in [2.24, 2.45) is 0 Å². The Balaban J connectivity index is 2.01. The number of amides is 1. The van der Waals surface area contributed by atoms with Crippen LogP contribution in [0.25, 0.3) is 11.3 Å². The molecule has 0 fully saturated rings. The maximum Gasteiger partial charge on any atom is 0.248 e. The van der Waals surface area contributed by atoms with E-state index >= 15 is 0 Å². The Hall–Kier alpha value is -2.62. The van der Waals surface area contributed by atoms with Crippen molar-refractivity contribution in [1.29, 1.82) is 0 Å². The molecule has 0 spiro atoms. The average Bonchev–Trinajstić information content (AvgIpc) is 2.94. The first-order valence-electron chi connectivity index (χ1n) is 6.00. The van der Waals surface area contributed by atoms with Crippen LogP contribution in [0.5, 0.6) is 0 Å². The van der Waals surface area contributed by atoms with Crippen LogP contribution in [0.2, 0.25) is 0 Å². The molecule has 0 aliphatic heterocycles. The van der Waals surface area contributed by atoms with Gasteiger partial charge in [0, 0.05) is 18.0 Å². The second-order valence-corrected chi connectivity index (χ2v) is 3.92. The summed E-state index contributed by atoms with van der Waals surface area (Å²) in [5.74, 6) is -0.146. The third-order valence-electron chi connectivity index (χ3n) is 2.52. The lowest BCUT2D eigenvalue weighted by Crippen LogP contribution is -2.07. The SMILES string of the molecule is C/C=C/C=C\C(=O)Nc1ccc(-c2ccn[nH]2)cc1. The molecule has 4 heteroatoms. The summed E-state index contributed by atoms with van der Waals surface area (Å²) in [7, 11) is 0. The Morgan fingerprint density at radius 3 is 2.63 bits per heavy atom. The van der Waals surface area contributed by atoms with Gasteiger partial charge in [0.25, 0.3) is 0 Å². The van der Waals surface area contributed by atoms with Crippen molar-refractivity contribution in [1.82, 2.24) is 10.2 Å². The third kappa shape index (κ3) is 3.67. The number of hydrogen-bond donors (Lipinski definition) is 2. The molecule has 1 aromatic heterocycles. The molecule has 0 radical (unpaired) electrons. The maximum absolute atomic E-state index is 11.6. The van der Waals surface area contributed by atoms with Crippen LogP contribution in [-0.4, -0.2) is 16.1 Å². The van der Waals surface area contributed by atoms with Crippen LogP contribution in [0.1, 0.15) is 6.92 Å². The number of carbonyl (C=O) groups is 1. The van der Waals surface area contributed by atoms with E-state index in [4.69, 9.17) is 0 Å². The Kier molecular flexibility index (Phi) is 4.29. The molecular weight excluding hydrogens is 238 g/mol. The van der Waals surface area contributed by atoms with Gasteiger partial charge in [-0.25, -0.2) is 0 Å². The summed E-state index contributed by atoms with van der Waals surface area (Å²) in [6, 6.07) is 9.47. The molecule has 0 atom stereocenters. The standard InChI is InChI=1S/C15H15N3O/c1-2-3-4-5-15(19)17-13-8-6-12(7-9-13)14-10-11-16-18-14/h2-11H,1H3,(H,16,18)(H,17,19)/b3-2+,5-4-. The lowest BCUT2D eigenvalue weighted by atomic mass is 10.1. The molecule has 0 aliphatic rings. The zero-order valence-corrected chi connectivity index (χ0v) is 10.6. The fraction of sp³-hybridized carbons (Fsp3) is 0.0667. The number of hydrogen-bond acceptors (Lipinski definition) is 2. The van der Waals surface area contributed by atoms with Gasteiger partial charge in [-0.3, -0.25) is 9.89 Å². The highest BCUT2D eigenvalue weighted by Crippen LogP contribution is 2.18. The van der Waals surface area contributed by atoms with Crippen molar-refractivity contribution in [3.63, 3.8) is 0 Å². The molecule has 2 rings (SSSR count). The molecule has 1 heterocycles. The minimum Gasteiger partial charge on any atom is -0.323 e. The topological polar surface area (TPSA) is 57.8 Å². The van der Waals surface area contributed by atoms with Gasteiger partial charge in [-0.2, -0.15) is 5.10 Å². The zero-order valence-electron chi connectivity index (χ0n) is 10.6. The highest BCUT2D eigenvalue weighted by Gasteiger charge is 2.00. The number of carbonyl (C=O) groups excluding carboxylic acids is 1. The predicted octanol–water partition coefficient (Wildman–Crippen LogP) is 3.15. The van der Waals surface area contributed by atoms with Gasteiger partial charge in [0.1, 0.15) is 0 Å². The summed E-state index contributed by atoms with van der Waals surface area (Å²) in [5.41, 5.74) is 2.74. The highest BCUT2D eigenvalue weighted by molar-refractivity contribution is 5.99. The van der Waals surface area contributed by atoms with Crippen molar-refractivity contribution in [2.45, 2.75) is 6.92 Å². The molecule has 19 heavy (non-hydrogen) atoms. The van der Waals surface area contributed by atoms with E-state index in [1.807, 2.05) is 43.3 Å². The van der Waals surface area contributed by atoms with Gasteiger partial charge < -0.3 is 5.32 Å². The van der Waals surface area contributed by atoms with Crippen LogP contribution in [0.3, 0.4) is 0 Å². The summed E-state index contributed by atoms with van der Waals surface area (Å²) in [4.78, 5) is 11.6. The number of nitrogens with zero attached hydrogens (tertiary/aromatic N) is 1. The number of anilines is 1. The van der Waals surface area contributed by atoms with E-state index in [9.17, 15) is 4.79 Å². The van der Waals surface area contributed by atoms with E-state index in [-0.39, 0.29) is 5.91 Å². The van der Waals surface area contributed by atoms with Crippen molar-refractivity contribution < 1.29 is 4.79 Å². The summed E-state index contributed by atoms with van der Waals surface area (Å²) in [6.07, 6.45) is 8.57. The van der Waals surface area contributed by atoms with Gasteiger partial charge in [-0.15, -0.1) is 0 Å². The Morgan fingerprint density at radius 2 is 2.00 bits per heavy atom. The van der Waals surface area contributed by atoms with Crippen molar-refractivity contribution in [3.8, 4) is 11.3 Å². The van der Waals surface area contributed by atoms with E-state index in [1.54, 1.807) is 18.3 Å². The van der Waals surface area contributed by atoms with Crippen molar-refractivity contribution in [3.05, 3.63) is 60.8 Å². The average molecular weight is 253 g/mol. The van der Waals surface area contributed by atoms with Gasteiger partial charge >= 0.3 is 0 Å². The molecule has 2 aromatic rings. The Labute approximate surface area is 111 Å². The summed E-state index contributed by atoms with van der Waals surface area (Å²) >= 11 is 0. The Bertz CT molecular complexity index is 580. The van der Waals surface area contributed by atoms with E-state index in [0.29, 0.717) is 0 Å². The molecule has 0 aliphatic carbocycles. The summed E-state index contributed by atoms with van der Waals surface area (Å²) in [6.45, 7) is 1.90. The molecule has 4 nitrogen and oxygen atoms in total. The normalized spacial score (nSPS) is 11.2.